The molecule has 21 heavy (non-hydrogen) atoms. The molecule has 0 aliphatic heterocycles. The van der Waals surface area contributed by atoms with Crippen LogP contribution in [-0.2, 0) is 6.42 Å². The molecule has 2 aromatic carbocycles. The molecule has 0 aliphatic carbocycles. The minimum absolute atomic E-state index is 0.00902. The molecule has 0 radical (unpaired) electrons. The largest absolute Gasteiger partial charge is 0.313 e. The van der Waals surface area contributed by atoms with Crippen molar-refractivity contribution in [3.8, 4) is 0 Å². The molecule has 0 saturated carbocycles. The van der Waals surface area contributed by atoms with Gasteiger partial charge in [-0.15, -0.1) is 0 Å². The third-order valence-electron chi connectivity index (χ3n) is 3.23. The van der Waals surface area contributed by atoms with E-state index in [1.807, 2.05) is 0 Å². The number of rotatable bonds is 4. The number of benzene rings is 2. The molecule has 0 amide bonds. The normalized spacial score (nSPS) is 12.5. The van der Waals surface area contributed by atoms with E-state index in [-0.39, 0.29) is 22.5 Å². The van der Waals surface area contributed by atoms with Crippen LogP contribution in [0, 0.1) is 11.6 Å². The molecule has 2 rings (SSSR count). The van der Waals surface area contributed by atoms with Gasteiger partial charge in [0.25, 0.3) is 0 Å². The summed E-state index contributed by atoms with van der Waals surface area (Å²) in [7, 11) is 1.71. The highest BCUT2D eigenvalue weighted by Gasteiger charge is 2.20. The summed E-state index contributed by atoms with van der Waals surface area (Å²) in [5.74, 6) is -1.18. The van der Waals surface area contributed by atoms with Gasteiger partial charge in [0.1, 0.15) is 11.6 Å². The fourth-order valence-corrected chi connectivity index (χ4v) is 3.02. The topological polar surface area (TPSA) is 12.0 Å². The van der Waals surface area contributed by atoms with Crippen molar-refractivity contribution in [1.29, 1.82) is 0 Å². The third-order valence-corrected chi connectivity index (χ3v) is 4.41. The van der Waals surface area contributed by atoms with Crippen molar-refractivity contribution in [2.24, 2.45) is 0 Å². The smallest absolute Gasteiger partial charge is 0.143 e. The fourth-order valence-electron chi connectivity index (χ4n) is 2.11. The Labute approximate surface area is 140 Å². The van der Waals surface area contributed by atoms with Crippen LogP contribution in [0.5, 0.6) is 0 Å². The Balaban J connectivity index is 2.38. The zero-order valence-electron chi connectivity index (χ0n) is 11.1. The molecule has 0 saturated heterocycles. The lowest BCUT2D eigenvalue weighted by molar-refractivity contribution is 0.512. The summed E-state index contributed by atoms with van der Waals surface area (Å²) in [4.78, 5) is 0. The Morgan fingerprint density at radius 3 is 2.52 bits per heavy atom. The van der Waals surface area contributed by atoms with Crippen LogP contribution >= 0.6 is 39.1 Å². The van der Waals surface area contributed by atoms with Gasteiger partial charge in [-0.05, 0) is 59.2 Å². The van der Waals surface area contributed by atoms with Crippen molar-refractivity contribution in [2.45, 2.75) is 12.5 Å². The van der Waals surface area contributed by atoms with E-state index in [0.717, 1.165) is 5.56 Å². The average Bonchev–Trinajstić information content (AvgIpc) is 2.44. The molecule has 6 heteroatoms. The Kier molecular flexibility index (Phi) is 5.60. The molecule has 0 spiro atoms. The van der Waals surface area contributed by atoms with Gasteiger partial charge in [-0.3, -0.25) is 0 Å². The predicted octanol–water partition coefficient (Wildman–Crippen LogP) is 5.54. The predicted molar refractivity (Wildman–Crippen MR) is 86.0 cm³/mol. The quantitative estimate of drug-likeness (QED) is 0.671. The molecule has 0 aromatic heterocycles. The first-order valence-electron chi connectivity index (χ1n) is 6.18. The van der Waals surface area contributed by atoms with Gasteiger partial charge >= 0.3 is 0 Å². The van der Waals surface area contributed by atoms with Crippen molar-refractivity contribution >= 4 is 39.1 Å². The first-order chi connectivity index (χ1) is 9.93. The molecule has 112 valence electrons. The zero-order valence-corrected chi connectivity index (χ0v) is 14.2. The molecule has 1 nitrogen and oxygen atoms in total. The molecule has 0 aliphatic rings. The lowest BCUT2D eigenvalue weighted by Gasteiger charge is -2.19. The van der Waals surface area contributed by atoms with Crippen LogP contribution in [0.15, 0.2) is 34.8 Å². The monoisotopic (exact) mass is 393 g/mol. The summed E-state index contributed by atoms with van der Waals surface area (Å²) in [5.41, 5.74) is 0.747. The molecule has 1 N–H and O–H groups in total. The molecular formula is C15H12BrCl2F2N. The summed E-state index contributed by atoms with van der Waals surface area (Å²) in [6, 6.07) is 7.31. The van der Waals surface area contributed by atoms with Gasteiger partial charge in [0, 0.05) is 21.7 Å². The number of likely N-dealkylation sites (N-methyl/N-ethyl adjacent to an activating group) is 1. The van der Waals surface area contributed by atoms with Gasteiger partial charge in [0.15, 0.2) is 0 Å². The SMILES string of the molecule is CNC(Cc1c(F)ccc(Br)c1F)c1ccc(Cl)cc1Cl. The van der Waals surface area contributed by atoms with E-state index in [1.54, 1.807) is 25.2 Å². The number of nitrogens with one attached hydrogen (secondary N) is 1. The van der Waals surface area contributed by atoms with E-state index in [4.69, 9.17) is 23.2 Å². The first-order valence-corrected chi connectivity index (χ1v) is 7.73. The second-order valence-corrected chi connectivity index (χ2v) is 6.23. The highest BCUT2D eigenvalue weighted by atomic mass is 79.9. The lowest BCUT2D eigenvalue weighted by Crippen LogP contribution is -2.20. The standard InChI is InChI=1S/C15H12BrCl2F2N/c1-21-14(9-3-2-8(17)6-12(9)18)7-10-13(19)5-4-11(16)15(10)20/h2-6,14,21H,7H2,1H3. The first kappa shape index (κ1) is 16.7. The summed E-state index contributed by atoms with van der Waals surface area (Å²) in [5, 5.41) is 3.99. The van der Waals surface area contributed by atoms with Crippen LogP contribution in [0.2, 0.25) is 10.0 Å². The number of hydrogen-bond acceptors (Lipinski definition) is 1. The molecular weight excluding hydrogens is 383 g/mol. The second kappa shape index (κ2) is 7.05. The van der Waals surface area contributed by atoms with Crippen molar-refractivity contribution in [3.05, 3.63) is 67.6 Å². The molecule has 2 aromatic rings. The molecule has 0 fully saturated rings. The Hall–Kier alpha value is -0.680. The number of hydrogen-bond donors (Lipinski definition) is 1. The summed E-state index contributed by atoms with van der Waals surface area (Å²) >= 11 is 15.1. The van der Waals surface area contributed by atoms with Crippen molar-refractivity contribution in [2.75, 3.05) is 7.05 Å². The Bertz CT molecular complexity index is 664. The van der Waals surface area contributed by atoms with Crippen LogP contribution in [0.25, 0.3) is 0 Å². The fraction of sp³-hybridized carbons (Fsp3) is 0.200. The van der Waals surface area contributed by atoms with Crippen molar-refractivity contribution in [1.82, 2.24) is 5.32 Å². The maximum Gasteiger partial charge on any atom is 0.143 e. The Morgan fingerprint density at radius 1 is 1.19 bits per heavy atom. The lowest BCUT2D eigenvalue weighted by atomic mass is 9.98. The summed E-state index contributed by atoms with van der Waals surface area (Å²) < 4.78 is 28.2. The molecule has 0 bridgehead atoms. The van der Waals surface area contributed by atoms with E-state index in [0.29, 0.717) is 10.0 Å². The third kappa shape index (κ3) is 3.75. The summed E-state index contributed by atoms with van der Waals surface area (Å²) in [6.45, 7) is 0. The van der Waals surface area contributed by atoms with Crippen LogP contribution in [0.1, 0.15) is 17.2 Å². The minimum Gasteiger partial charge on any atom is -0.313 e. The van der Waals surface area contributed by atoms with Crippen LogP contribution in [-0.4, -0.2) is 7.05 Å². The van der Waals surface area contributed by atoms with Crippen molar-refractivity contribution in [3.63, 3.8) is 0 Å². The summed E-state index contributed by atoms with van der Waals surface area (Å²) in [6.07, 6.45) is 0.134. The van der Waals surface area contributed by atoms with Crippen LogP contribution in [0.3, 0.4) is 0 Å². The number of halogens is 5. The van der Waals surface area contributed by atoms with E-state index >= 15 is 0 Å². The molecule has 0 heterocycles. The highest BCUT2D eigenvalue weighted by Crippen LogP contribution is 2.31. The van der Waals surface area contributed by atoms with Gasteiger partial charge in [0.2, 0.25) is 0 Å². The highest BCUT2D eigenvalue weighted by molar-refractivity contribution is 9.10. The minimum atomic E-state index is -0.597. The molecule has 1 unspecified atom stereocenters. The van der Waals surface area contributed by atoms with E-state index in [9.17, 15) is 8.78 Å². The second-order valence-electron chi connectivity index (χ2n) is 4.53. The van der Waals surface area contributed by atoms with E-state index in [2.05, 4.69) is 21.2 Å². The maximum atomic E-state index is 14.1. The van der Waals surface area contributed by atoms with Gasteiger partial charge in [-0.25, -0.2) is 8.78 Å². The average molecular weight is 395 g/mol. The van der Waals surface area contributed by atoms with Gasteiger partial charge in [-0.2, -0.15) is 0 Å². The van der Waals surface area contributed by atoms with Gasteiger partial charge in [-0.1, -0.05) is 29.3 Å². The van der Waals surface area contributed by atoms with E-state index < -0.39 is 11.6 Å². The van der Waals surface area contributed by atoms with Gasteiger partial charge < -0.3 is 5.32 Å². The molecule has 1 atom stereocenters. The van der Waals surface area contributed by atoms with Crippen LogP contribution < -0.4 is 5.32 Å². The van der Waals surface area contributed by atoms with E-state index in [1.165, 1.54) is 12.1 Å². The maximum absolute atomic E-state index is 14.1. The van der Waals surface area contributed by atoms with Crippen molar-refractivity contribution < 1.29 is 8.78 Å². The van der Waals surface area contributed by atoms with Gasteiger partial charge in [0.05, 0.1) is 4.47 Å². The Morgan fingerprint density at radius 2 is 1.90 bits per heavy atom. The zero-order chi connectivity index (χ0) is 15.6. The van der Waals surface area contributed by atoms with Crippen LogP contribution in [0.4, 0.5) is 8.78 Å².